The van der Waals surface area contributed by atoms with Crippen molar-refractivity contribution < 1.29 is 9.18 Å². The van der Waals surface area contributed by atoms with Crippen molar-refractivity contribution in [3.05, 3.63) is 28.0 Å². The lowest BCUT2D eigenvalue weighted by molar-refractivity contribution is -0.121. The predicted molar refractivity (Wildman–Crippen MR) is 77.1 cm³/mol. The summed E-state index contributed by atoms with van der Waals surface area (Å²) in [5.74, 6) is -0.764. The van der Waals surface area contributed by atoms with Crippen LogP contribution in [-0.2, 0) is 4.79 Å². The molecule has 4 N–H and O–H groups in total. The van der Waals surface area contributed by atoms with Gasteiger partial charge in [0.05, 0.1) is 10.2 Å². The molecule has 7 heteroatoms. The Morgan fingerprint density at radius 2 is 2.17 bits per heavy atom. The number of likely N-dealkylation sites (N-methyl/N-ethyl adjacent to an activating group) is 1. The third-order valence-electron chi connectivity index (χ3n) is 2.36. The van der Waals surface area contributed by atoms with Gasteiger partial charge in [0.2, 0.25) is 5.91 Å². The number of carbonyl (C=O) groups excluding carboxylic acids is 1. The summed E-state index contributed by atoms with van der Waals surface area (Å²) in [5, 5.41) is 5.24. The molecule has 0 saturated heterocycles. The van der Waals surface area contributed by atoms with Gasteiger partial charge in [-0.25, -0.2) is 4.39 Å². The highest BCUT2D eigenvalue weighted by Crippen LogP contribution is 2.27. The van der Waals surface area contributed by atoms with E-state index in [1.165, 1.54) is 13.1 Å². The summed E-state index contributed by atoms with van der Waals surface area (Å²) in [4.78, 5) is 11.4. The van der Waals surface area contributed by atoms with Gasteiger partial charge in [0.15, 0.2) is 5.82 Å². The monoisotopic (exact) mass is 333 g/mol. The van der Waals surface area contributed by atoms with E-state index in [2.05, 4.69) is 26.6 Å². The maximum absolute atomic E-state index is 14.0. The summed E-state index contributed by atoms with van der Waals surface area (Å²) in [6.07, 6.45) is 0. The van der Waals surface area contributed by atoms with Gasteiger partial charge < -0.3 is 16.4 Å². The highest BCUT2D eigenvalue weighted by atomic mass is 79.9. The highest BCUT2D eigenvalue weighted by molar-refractivity contribution is 9.10. The molecule has 0 aliphatic heterocycles. The molecule has 4 nitrogen and oxygen atoms in total. The van der Waals surface area contributed by atoms with Gasteiger partial charge in [-0.3, -0.25) is 4.79 Å². The molecule has 1 amide bonds. The van der Waals surface area contributed by atoms with Gasteiger partial charge in [-0.15, -0.1) is 0 Å². The molecular weight excluding hydrogens is 321 g/mol. The second kappa shape index (κ2) is 6.10. The van der Waals surface area contributed by atoms with E-state index >= 15 is 0 Å². The molecule has 1 aromatic rings. The van der Waals surface area contributed by atoms with Crippen molar-refractivity contribution in [1.29, 1.82) is 0 Å². The lowest BCUT2D eigenvalue weighted by atomic mass is 10.2. The third-order valence-corrected chi connectivity index (χ3v) is 3.35. The Kier molecular flexibility index (Phi) is 5.03. The van der Waals surface area contributed by atoms with Crippen molar-refractivity contribution in [2.45, 2.75) is 13.0 Å². The van der Waals surface area contributed by atoms with E-state index in [0.29, 0.717) is 5.56 Å². The van der Waals surface area contributed by atoms with Gasteiger partial charge in [-0.1, -0.05) is 12.2 Å². The van der Waals surface area contributed by atoms with Crippen LogP contribution in [0.15, 0.2) is 16.6 Å². The number of halogens is 2. The summed E-state index contributed by atoms with van der Waals surface area (Å²) < 4.78 is 14.2. The number of nitrogens with two attached hydrogens (primary N) is 1. The molecule has 0 aromatic heterocycles. The maximum Gasteiger partial charge on any atom is 0.241 e. The van der Waals surface area contributed by atoms with E-state index in [1.807, 2.05) is 0 Å². The van der Waals surface area contributed by atoms with Gasteiger partial charge in [0.25, 0.3) is 0 Å². The molecule has 1 rings (SSSR count). The number of rotatable bonds is 4. The lowest BCUT2D eigenvalue weighted by Gasteiger charge is -2.15. The van der Waals surface area contributed by atoms with E-state index in [1.54, 1.807) is 13.0 Å². The van der Waals surface area contributed by atoms with Crippen molar-refractivity contribution in [2.24, 2.45) is 5.73 Å². The van der Waals surface area contributed by atoms with E-state index in [4.69, 9.17) is 18.0 Å². The van der Waals surface area contributed by atoms with Crippen molar-refractivity contribution in [3.8, 4) is 0 Å². The fraction of sp³-hybridized carbons (Fsp3) is 0.273. The largest absolute Gasteiger partial charge is 0.389 e. The van der Waals surface area contributed by atoms with Crippen LogP contribution in [0.4, 0.5) is 10.1 Å². The Labute approximate surface area is 118 Å². The summed E-state index contributed by atoms with van der Waals surface area (Å²) >= 11 is 7.89. The first-order chi connectivity index (χ1) is 8.38. The Morgan fingerprint density at radius 1 is 1.56 bits per heavy atom. The normalized spacial score (nSPS) is 11.8. The molecule has 1 atom stereocenters. The minimum atomic E-state index is -0.549. The van der Waals surface area contributed by atoms with Crippen LogP contribution in [-0.4, -0.2) is 24.0 Å². The number of thiocarbonyl (C=S) groups is 1. The Morgan fingerprint density at radius 3 is 2.67 bits per heavy atom. The molecule has 0 aliphatic rings. The first kappa shape index (κ1) is 14.8. The Balaban J connectivity index is 3.03. The molecule has 0 radical (unpaired) electrons. The Hall–Kier alpha value is -1.21. The zero-order chi connectivity index (χ0) is 13.9. The van der Waals surface area contributed by atoms with Crippen molar-refractivity contribution in [3.63, 3.8) is 0 Å². The molecule has 98 valence electrons. The number of hydrogen-bond donors (Lipinski definition) is 3. The average molecular weight is 334 g/mol. The van der Waals surface area contributed by atoms with Crippen LogP contribution < -0.4 is 16.4 Å². The lowest BCUT2D eigenvalue weighted by Crippen LogP contribution is -2.35. The van der Waals surface area contributed by atoms with Crippen molar-refractivity contribution in [1.82, 2.24) is 5.32 Å². The topological polar surface area (TPSA) is 67.2 Å². The van der Waals surface area contributed by atoms with Gasteiger partial charge >= 0.3 is 0 Å². The van der Waals surface area contributed by atoms with Crippen molar-refractivity contribution >= 4 is 44.7 Å². The first-order valence-electron chi connectivity index (χ1n) is 5.14. The quantitative estimate of drug-likeness (QED) is 0.734. The zero-order valence-corrected chi connectivity index (χ0v) is 12.3. The van der Waals surface area contributed by atoms with Crippen molar-refractivity contribution in [2.75, 3.05) is 12.4 Å². The average Bonchev–Trinajstić information content (AvgIpc) is 2.33. The molecule has 0 heterocycles. The van der Waals surface area contributed by atoms with Crippen LogP contribution in [0, 0.1) is 5.82 Å². The molecule has 1 aromatic carbocycles. The highest BCUT2D eigenvalue weighted by Gasteiger charge is 2.16. The van der Waals surface area contributed by atoms with Crippen LogP contribution in [0.3, 0.4) is 0 Å². The summed E-state index contributed by atoms with van der Waals surface area (Å²) in [6, 6.07) is 2.54. The minimum absolute atomic E-state index is 0.103. The zero-order valence-electron chi connectivity index (χ0n) is 9.88. The number of hydrogen-bond acceptors (Lipinski definition) is 3. The number of carbonyl (C=O) groups is 1. The molecule has 0 aliphatic carbocycles. The standard InChI is InChI=1S/C11H13BrFN3OS/c1-5(11(17)15-2)16-7-4-3-6(10(14)18)8(12)9(7)13/h3-5,16H,1-2H3,(H2,14,18)(H,15,17). The van der Waals surface area contributed by atoms with E-state index < -0.39 is 11.9 Å². The molecule has 0 fully saturated rings. The number of amides is 1. The van der Waals surface area contributed by atoms with Gasteiger partial charge in [-0.2, -0.15) is 0 Å². The van der Waals surface area contributed by atoms with Crippen LogP contribution in [0.5, 0.6) is 0 Å². The second-order valence-corrected chi connectivity index (χ2v) is 4.87. The number of anilines is 1. The van der Waals surface area contributed by atoms with E-state index in [9.17, 15) is 9.18 Å². The molecule has 0 saturated carbocycles. The molecule has 18 heavy (non-hydrogen) atoms. The van der Waals surface area contributed by atoms with Crippen LogP contribution >= 0.6 is 28.1 Å². The second-order valence-electron chi connectivity index (χ2n) is 3.63. The van der Waals surface area contributed by atoms with Gasteiger partial charge in [0.1, 0.15) is 11.0 Å². The molecule has 0 spiro atoms. The van der Waals surface area contributed by atoms with E-state index in [-0.39, 0.29) is 21.1 Å². The summed E-state index contributed by atoms with van der Waals surface area (Å²) in [6.45, 7) is 1.63. The number of nitrogens with one attached hydrogen (secondary N) is 2. The Bertz CT molecular complexity index is 495. The van der Waals surface area contributed by atoms with Crippen LogP contribution in [0.25, 0.3) is 0 Å². The molecule has 1 unspecified atom stereocenters. The summed E-state index contributed by atoms with van der Waals surface area (Å²) in [5.41, 5.74) is 6.08. The summed E-state index contributed by atoms with van der Waals surface area (Å²) in [7, 11) is 1.52. The molecular formula is C11H13BrFN3OS. The fourth-order valence-corrected chi connectivity index (χ4v) is 2.23. The predicted octanol–water partition coefficient (Wildman–Crippen LogP) is 1.77. The SMILES string of the molecule is CNC(=O)C(C)Nc1ccc(C(N)=S)c(Br)c1F. The smallest absolute Gasteiger partial charge is 0.241 e. The van der Waals surface area contributed by atoms with Crippen LogP contribution in [0.1, 0.15) is 12.5 Å². The fourth-order valence-electron chi connectivity index (χ4n) is 1.37. The number of benzene rings is 1. The van der Waals surface area contributed by atoms with Gasteiger partial charge in [-0.05, 0) is 35.0 Å². The van der Waals surface area contributed by atoms with Crippen LogP contribution in [0.2, 0.25) is 0 Å². The van der Waals surface area contributed by atoms with E-state index in [0.717, 1.165) is 0 Å². The maximum atomic E-state index is 14.0. The third kappa shape index (κ3) is 3.17. The minimum Gasteiger partial charge on any atom is -0.389 e. The first-order valence-corrected chi connectivity index (χ1v) is 6.34. The molecule has 0 bridgehead atoms. The van der Waals surface area contributed by atoms with Gasteiger partial charge in [0, 0.05) is 12.6 Å².